The largest absolute Gasteiger partial charge is 0.308 e. The van der Waals surface area contributed by atoms with Gasteiger partial charge in [-0.15, -0.1) is 0 Å². The highest BCUT2D eigenvalue weighted by molar-refractivity contribution is 6.97. The third-order valence-corrected chi connectivity index (χ3v) is 12.8. The van der Waals surface area contributed by atoms with Crippen molar-refractivity contribution in [3.8, 4) is 50.2 Å². The standard InChI is InChI=1S/C56H38BN/c1-5-15-37(16-6-1)41-27-29-43-31-45-33-47(34-46-32-44-30-28-42(38-17-7-2-8-18-38)36-53(44)57(54(45)46)52(43)35-41)58-55-48(39-19-9-3-10-20-39)23-13-25-50(55)51-26-14-24-49(56(51)58)40-21-11-4-12-22-40/h1-30,33-36H,31-32H2. The fourth-order valence-corrected chi connectivity index (χ4v) is 10.2. The molecule has 1 nitrogen and oxygen atoms in total. The molecular formula is C56H38BN. The van der Waals surface area contributed by atoms with Crippen molar-refractivity contribution in [2.45, 2.75) is 12.8 Å². The van der Waals surface area contributed by atoms with E-state index in [-0.39, 0.29) is 6.71 Å². The predicted octanol–water partition coefficient (Wildman–Crippen LogP) is 11.8. The second-order valence-corrected chi connectivity index (χ2v) is 16.0. The maximum absolute atomic E-state index is 2.60. The molecule has 2 heteroatoms. The zero-order chi connectivity index (χ0) is 38.2. The smallest absolute Gasteiger partial charge is 0.242 e. The highest BCUT2D eigenvalue weighted by Crippen LogP contribution is 2.42. The Morgan fingerprint density at radius 2 is 0.741 bits per heavy atom. The van der Waals surface area contributed by atoms with Crippen LogP contribution in [0.25, 0.3) is 72.0 Å². The van der Waals surface area contributed by atoms with E-state index >= 15 is 0 Å². The van der Waals surface area contributed by atoms with E-state index in [2.05, 4.69) is 211 Å². The molecule has 0 spiro atoms. The van der Waals surface area contributed by atoms with Crippen LogP contribution in [-0.2, 0) is 12.8 Å². The van der Waals surface area contributed by atoms with E-state index in [1.54, 1.807) is 0 Å². The Morgan fingerprint density at radius 1 is 0.328 bits per heavy atom. The van der Waals surface area contributed by atoms with E-state index in [0.717, 1.165) is 12.8 Å². The summed E-state index contributed by atoms with van der Waals surface area (Å²) >= 11 is 0. The predicted molar refractivity (Wildman–Crippen MR) is 246 cm³/mol. The van der Waals surface area contributed by atoms with E-state index in [0.29, 0.717) is 0 Å². The van der Waals surface area contributed by atoms with Crippen molar-refractivity contribution in [2.24, 2.45) is 0 Å². The van der Waals surface area contributed by atoms with Gasteiger partial charge in [0.05, 0.1) is 11.0 Å². The van der Waals surface area contributed by atoms with E-state index in [9.17, 15) is 0 Å². The number of fused-ring (bicyclic) bond motifs is 7. The molecule has 0 unspecified atom stereocenters. The minimum atomic E-state index is 0.150. The van der Waals surface area contributed by atoms with E-state index in [1.165, 1.54) is 111 Å². The Kier molecular flexibility index (Phi) is 7.53. The number of hydrogen-bond donors (Lipinski definition) is 0. The van der Waals surface area contributed by atoms with Crippen LogP contribution in [0.4, 0.5) is 0 Å². The number of benzene rings is 9. The number of nitrogens with zero attached hydrogens (tertiary/aromatic N) is 1. The van der Waals surface area contributed by atoms with Crippen LogP contribution in [0.1, 0.15) is 22.3 Å². The molecule has 0 radical (unpaired) electrons. The second kappa shape index (κ2) is 13.2. The van der Waals surface area contributed by atoms with Gasteiger partial charge in [0.2, 0.25) is 6.71 Å². The number of aromatic nitrogens is 1. The minimum absolute atomic E-state index is 0.150. The van der Waals surface area contributed by atoms with Crippen molar-refractivity contribution < 1.29 is 0 Å². The zero-order valence-electron chi connectivity index (χ0n) is 32.1. The molecule has 0 amide bonds. The van der Waals surface area contributed by atoms with Crippen LogP contribution < -0.4 is 16.4 Å². The minimum Gasteiger partial charge on any atom is -0.308 e. The summed E-state index contributed by atoms with van der Waals surface area (Å²) in [5, 5.41) is 2.55. The first-order chi connectivity index (χ1) is 28.8. The van der Waals surface area contributed by atoms with Crippen LogP contribution in [0.15, 0.2) is 206 Å². The average molecular weight is 736 g/mol. The summed E-state index contributed by atoms with van der Waals surface area (Å²) in [6.45, 7) is 0.150. The lowest BCUT2D eigenvalue weighted by Crippen LogP contribution is -2.61. The summed E-state index contributed by atoms with van der Waals surface area (Å²) in [6.07, 6.45) is 1.80. The van der Waals surface area contributed by atoms with E-state index in [1.807, 2.05) is 0 Å². The van der Waals surface area contributed by atoms with Gasteiger partial charge in [0.25, 0.3) is 0 Å². The topological polar surface area (TPSA) is 4.93 Å². The first-order valence-electron chi connectivity index (χ1n) is 20.5. The fourth-order valence-electron chi connectivity index (χ4n) is 10.2. The highest BCUT2D eigenvalue weighted by atomic mass is 15.0. The van der Waals surface area contributed by atoms with E-state index in [4.69, 9.17) is 0 Å². The maximum Gasteiger partial charge on any atom is 0.242 e. The summed E-state index contributed by atoms with van der Waals surface area (Å²) in [4.78, 5) is 0. The Balaban J connectivity index is 1.14. The van der Waals surface area contributed by atoms with Gasteiger partial charge in [0.1, 0.15) is 0 Å². The first-order valence-corrected chi connectivity index (χ1v) is 20.5. The lowest BCUT2D eigenvalue weighted by Gasteiger charge is -2.35. The van der Waals surface area contributed by atoms with E-state index < -0.39 is 0 Å². The van der Waals surface area contributed by atoms with Crippen LogP contribution in [0.2, 0.25) is 0 Å². The monoisotopic (exact) mass is 735 g/mol. The van der Waals surface area contributed by atoms with Crippen LogP contribution in [-0.4, -0.2) is 11.3 Å². The van der Waals surface area contributed by atoms with Gasteiger partial charge in [-0.25, -0.2) is 0 Å². The van der Waals surface area contributed by atoms with Crippen molar-refractivity contribution in [1.82, 2.24) is 4.57 Å². The number of rotatable bonds is 5. The molecule has 270 valence electrons. The Hall–Kier alpha value is -7.16. The Labute approximate surface area is 339 Å². The summed E-state index contributed by atoms with van der Waals surface area (Å²) in [5.41, 5.74) is 23.8. The molecule has 0 fully saturated rings. The highest BCUT2D eigenvalue weighted by Gasteiger charge is 2.38. The summed E-state index contributed by atoms with van der Waals surface area (Å²) in [5.74, 6) is 0. The van der Waals surface area contributed by atoms with Crippen molar-refractivity contribution in [3.05, 3.63) is 229 Å². The lowest BCUT2D eigenvalue weighted by atomic mass is 9.30. The summed E-state index contributed by atoms with van der Waals surface area (Å²) in [6, 6.07) is 76.8. The van der Waals surface area contributed by atoms with Gasteiger partial charge >= 0.3 is 0 Å². The maximum atomic E-state index is 2.60. The van der Waals surface area contributed by atoms with Crippen molar-refractivity contribution in [2.75, 3.05) is 0 Å². The van der Waals surface area contributed by atoms with Gasteiger partial charge in [-0.2, -0.15) is 0 Å². The fraction of sp³-hybridized carbons (Fsp3) is 0.0357. The molecule has 10 aromatic rings. The molecule has 0 atom stereocenters. The quantitative estimate of drug-likeness (QED) is 0.155. The zero-order valence-corrected chi connectivity index (χ0v) is 32.1. The Bertz CT molecular complexity index is 2990. The van der Waals surface area contributed by atoms with Gasteiger partial charge in [0, 0.05) is 27.6 Å². The van der Waals surface area contributed by atoms with Crippen LogP contribution >= 0.6 is 0 Å². The summed E-state index contributed by atoms with van der Waals surface area (Å²) < 4.78 is 2.60. The molecule has 1 aromatic heterocycles. The normalized spacial score (nSPS) is 12.7. The van der Waals surface area contributed by atoms with Gasteiger partial charge in [-0.1, -0.05) is 211 Å². The van der Waals surface area contributed by atoms with Crippen LogP contribution in [0.3, 0.4) is 0 Å². The average Bonchev–Trinajstić information content (AvgIpc) is 3.64. The SMILES string of the molecule is c1ccc(-c2ccc3c(c2)B2c4cc(-c5ccccc5)ccc4Cc4cc(-n5c6c(-c7ccccc7)cccc6c6cccc(-c7ccccc7)c65)cc(c42)C3)cc1. The molecule has 2 aliphatic heterocycles. The Morgan fingerprint density at radius 3 is 1.17 bits per heavy atom. The number of para-hydroxylation sites is 2. The summed E-state index contributed by atoms with van der Waals surface area (Å²) in [7, 11) is 0. The second-order valence-electron chi connectivity index (χ2n) is 16.0. The van der Waals surface area contributed by atoms with Crippen molar-refractivity contribution in [1.29, 1.82) is 0 Å². The van der Waals surface area contributed by atoms with Gasteiger partial charge in [-0.3, -0.25) is 0 Å². The molecule has 3 heterocycles. The molecule has 2 aliphatic rings. The lowest BCUT2D eigenvalue weighted by molar-refractivity contribution is 1.10. The van der Waals surface area contributed by atoms with Gasteiger partial charge in [-0.05, 0) is 80.6 Å². The third kappa shape index (κ3) is 5.19. The van der Waals surface area contributed by atoms with Gasteiger partial charge in [0.15, 0.2) is 0 Å². The first kappa shape index (κ1) is 33.0. The molecule has 0 saturated heterocycles. The molecule has 12 rings (SSSR count). The van der Waals surface area contributed by atoms with Crippen molar-refractivity contribution in [3.63, 3.8) is 0 Å². The molecule has 9 aromatic carbocycles. The molecule has 0 N–H and O–H groups in total. The molecule has 0 saturated carbocycles. The number of hydrogen-bond acceptors (Lipinski definition) is 0. The molecule has 58 heavy (non-hydrogen) atoms. The molecular weight excluding hydrogens is 697 g/mol. The van der Waals surface area contributed by atoms with Gasteiger partial charge < -0.3 is 4.57 Å². The molecule has 0 aliphatic carbocycles. The van der Waals surface area contributed by atoms with Crippen molar-refractivity contribution >= 4 is 44.9 Å². The van der Waals surface area contributed by atoms with Crippen LogP contribution in [0.5, 0.6) is 0 Å². The van der Waals surface area contributed by atoms with Crippen LogP contribution in [0, 0.1) is 0 Å². The molecule has 0 bridgehead atoms. The third-order valence-electron chi connectivity index (χ3n) is 12.8.